The van der Waals surface area contributed by atoms with Gasteiger partial charge in [-0.1, -0.05) is 6.07 Å². The van der Waals surface area contributed by atoms with Crippen LogP contribution in [0.15, 0.2) is 24.4 Å². The van der Waals surface area contributed by atoms with Crippen LogP contribution in [0, 0.1) is 0 Å². The summed E-state index contributed by atoms with van der Waals surface area (Å²) in [6, 6.07) is 3.80. The molecule has 5 rings (SSSR count). The number of amides is 1. The van der Waals surface area contributed by atoms with Gasteiger partial charge in [-0.15, -0.1) is 5.10 Å². The van der Waals surface area contributed by atoms with Crippen LogP contribution < -0.4 is 19.9 Å². The number of aryl methyl sites for hydroxylation is 2. The van der Waals surface area contributed by atoms with Gasteiger partial charge in [-0.3, -0.25) is 9.48 Å². The standard InChI is InChI=1S/C22H23F3N8O2/c1-12-20(34)33-8-4-5-14-18(33)19(31(12)2)29-21(28-14)27-11-13-6-7-16(26-10-13)35-17-9-15(22(23,24)25)32(3)30-17/h6-7,9-10,12H,4-5,8,11H2,1-3H3,(H,27,28,29)/t12-/m0/s1. The average Bonchev–Trinajstić information content (AvgIpc) is 3.21. The zero-order valence-electron chi connectivity index (χ0n) is 19.3. The van der Waals surface area contributed by atoms with Crippen molar-refractivity contribution >= 4 is 23.4 Å². The highest BCUT2D eigenvalue weighted by Crippen LogP contribution is 2.39. The van der Waals surface area contributed by atoms with Gasteiger partial charge in [0.15, 0.2) is 5.82 Å². The lowest BCUT2D eigenvalue weighted by atomic mass is 10.0. The van der Waals surface area contributed by atoms with Crippen LogP contribution in [0.25, 0.3) is 0 Å². The molecule has 1 amide bonds. The number of hydrogen-bond acceptors (Lipinski definition) is 8. The van der Waals surface area contributed by atoms with Crippen molar-refractivity contribution in [3.8, 4) is 11.8 Å². The van der Waals surface area contributed by atoms with Crippen LogP contribution in [-0.4, -0.2) is 50.3 Å². The van der Waals surface area contributed by atoms with Gasteiger partial charge in [0.2, 0.25) is 23.6 Å². The van der Waals surface area contributed by atoms with E-state index >= 15 is 0 Å². The van der Waals surface area contributed by atoms with Gasteiger partial charge in [0, 0.05) is 45.5 Å². The summed E-state index contributed by atoms with van der Waals surface area (Å²) in [6.45, 7) is 2.90. The molecule has 0 unspecified atom stereocenters. The Morgan fingerprint density at radius 1 is 1.20 bits per heavy atom. The summed E-state index contributed by atoms with van der Waals surface area (Å²) in [5, 5.41) is 6.92. The van der Waals surface area contributed by atoms with E-state index in [-0.39, 0.29) is 23.7 Å². The van der Waals surface area contributed by atoms with Crippen molar-refractivity contribution in [2.24, 2.45) is 7.05 Å². The molecule has 184 valence electrons. The number of anilines is 3. The fraction of sp³-hybridized carbons (Fsp3) is 0.409. The number of carbonyl (C=O) groups excluding carboxylic acids is 1. The second kappa shape index (κ2) is 8.40. The summed E-state index contributed by atoms with van der Waals surface area (Å²) in [7, 11) is 3.05. The third kappa shape index (κ3) is 4.21. The number of nitrogens with zero attached hydrogens (tertiary/aromatic N) is 7. The molecular weight excluding hydrogens is 465 g/mol. The molecule has 2 aliphatic heterocycles. The highest BCUT2D eigenvalue weighted by Gasteiger charge is 2.39. The predicted molar refractivity (Wildman–Crippen MR) is 120 cm³/mol. The number of aromatic nitrogens is 5. The van der Waals surface area contributed by atoms with Crippen molar-refractivity contribution in [1.82, 2.24) is 24.7 Å². The Morgan fingerprint density at radius 3 is 2.69 bits per heavy atom. The molecule has 0 fully saturated rings. The van der Waals surface area contributed by atoms with E-state index in [0.717, 1.165) is 41.7 Å². The van der Waals surface area contributed by atoms with Crippen molar-refractivity contribution < 1.29 is 22.7 Å². The number of pyridine rings is 1. The zero-order valence-corrected chi connectivity index (χ0v) is 19.3. The van der Waals surface area contributed by atoms with E-state index in [0.29, 0.717) is 23.7 Å². The molecule has 10 nitrogen and oxygen atoms in total. The van der Waals surface area contributed by atoms with Gasteiger partial charge < -0.3 is 19.9 Å². The third-order valence-electron chi connectivity index (χ3n) is 6.15. The van der Waals surface area contributed by atoms with Crippen LogP contribution in [0.3, 0.4) is 0 Å². The summed E-state index contributed by atoms with van der Waals surface area (Å²) in [4.78, 5) is 29.7. The molecule has 3 aromatic heterocycles. The van der Waals surface area contributed by atoms with E-state index < -0.39 is 11.9 Å². The van der Waals surface area contributed by atoms with Crippen molar-refractivity contribution in [1.29, 1.82) is 0 Å². The largest absolute Gasteiger partial charge is 0.433 e. The molecule has 1 N–H and O–H groups in total. The minimum atomic E-state index is -4.52. The predicted octanol–water partition coefficient (Wildman–Crippen LogP) is 3.15. The van der Waals surface area contributed by atoms with Gasteiger partial charge in [-0.05, 0) is 25.3 Å². The Balaban J connectivity index is 1.28. The fourth-order valence-electron chi connectivity index (χ4n) is 4.20. The number of likely N-dealkylation sites (N-methyl/N-ethyl adjacent to an activating group) is 1. The van der Waals surface area contributed by atoms with Crippen LogP contribution in [0.4, 0.5) is 30.6 Å². The van der Waals surface area contributed by atoms with Crippen molar-refractivity contribution in [2.45, 2.75) is 38.5 Å². The Morgan fingerprint density at radius 2 is 2.00 bits per heavy atom. The van der Waals surface area contributed by atoms with Crippen molar-refractivity contribution in [2.75, 3.05) is 28.7 Å². The maximum Gasteiger partial charge on any atom is 0.433 e. The Hall–Kier alpha value is -3.90. The lowest BCUT2D eigenvalue weighted by molar-refractivity contribution is -0.143. The average molecular weight is 488 g/mol. The number of hydrogen-bond donors (Lipinski definition) is 1. The van der Waals surface area contributed by atoms with E-state index in [1.54, 1.807) is 23.2 Å². The second-order valence-electron chi connectivity index (χ2n) is 8.50. The van der Waals surface area contributed by atoms with Crippen LogP contribution in [0.1, 0.15) is 30.3 Å². The van der Waals surface area contributed by atoms with E-state index in [2.05, 4.69) is 25.4 Å². The SMILES string of the molecule is C[C@H]1C(=O)N2CCCc3nc(NCc4ccc(Oc5cc(C(F)(F)F)n(C)n5)nc4)nc(c32)N1C. The second-order valence-corrected chi connectivity index (χ2v) is 8.50. The first-order valence-electron chi connectivity index (χ1n) is 11.0. The van der Waals surface area contributed by atoms with Gasteiger partial charge >= 0.3 is 6.18 Å². The summed E-state index contributed by atoms with van der Waals surface area (Å²) in [5.41, 5.74) is 1.51. The van der Waals surface area contributed by atoms with Crippen LogP contribution in [0.5, 0.6) is 11.8 Å². The van der Waals surface area contributed by atoms with Gasteiger partial charge in [0.25, 0.3) is 0 Å². The summed E-state index contributed by atoms with van der Waals surface area (Å²) >= 11 is 0. The molecule has 0 radical (unpaired) electrons. The maximum atomic E-state index is 12.9. The smallest absolute Gasteiger partial charge is 0.419 e. The van der Waals surface area contributed by atoms with E-state index in [4.69, 9.17) is 4.74 Å². The summed E-state index contributed by atoms with van der Waals surface area (Å²) in [5.74, 6) is 1.15. The minimum absolute atomic E-state index is 0.0546. The monoisotopic (exact) mass is 488 g/mol. The first kappa shape index (κ1) is 22.9. The fourth-order valence-corrected chi connectivity index (χ4v) is 4.20. The number of ether oxygens (including phenoxy) is 1. The maximum absolute atomic E-state index is 12.9. The highest BCUT2D eigenvalue weighted by molar-refractivity contribution is 6.05. The number of alkyl halides is 3. The van der Waals surface area contributed by atoms with Gasteiger partial charge in [0.05, 0.1) is 5.69 Å². The Bertz CT molecular complexity index is 1270. The molecular formula is C22H23F3N8O2. The van der Waals surface area contributed by atoms with E-state index in [9.17, 15) is 18.0 Å². The van der Waals surface area contributed by atoms with Crippen molar-refractivity contribution in [3.05, 3.63) is 41.3 Å². The Labute approximate surface area is 198 Å². The molecule has 0 saturated carbocycles. The third-order valence-corrected chi connectivity index (χ3v) is 6.15. The van der Waals surface area contributed by atoms with Crippen LogP contribution in [0.2, 0.25) is 0 Å². The lowest BCUT2D eigenvalue weighted by Gasteiger charge is -2.41. The first-order valence-corrected chi connectivity index (χ1v) is 11.0. The molecule has 3 aromatic rings. The number of nitrogens with one attached hydrogen (secondary N) is 1. The quantitative estimate of drug-likeness (QED) is 0.585. The van der Waals surface area contributed by atoms with Gasteiger partial charge in [0.1, 0.15) is 17.4 Å². The number of carbonyl (C=O) groups is 1. The molecule has 2 aliphatic rings. The molecule has 13 heteroatoms. The topological polar surface area (TPSA) is 101 Å². The molecule has 35 heavy (non-hydrogen) atoms. The molecule has 0 spiro atoms. The molecule has 0 saturated heterocycles. The van der Waals surface area contributed by atoms with Gasteiger partial charge in [-0.2, -0.15) is 18.2 Å². The molecule has 1 atom stereocenters. The molecule has 5 heterocycles. The van der Waals surface area contributed by atoms with E-state index in [1.807, 2.05) is 18.9 Å². The summed E-state index contributed by atoms with van der Waals surface area (Å²) < 4.78 is 44.9. The highest BCUT2D eigenvalue weighted by atomic mass is 19.4. The lowest BCUT2D eigenvalue weighted by Crippen LogP contribution is -2.53. The summed E-state index contributed by atoms with van der Waals surface area (Å²) in [6.07, 6.45) is -1.36. The Kier molecular flexibility index (Phi) is 5.49. The molecule has 0 aliphatic carbocycles. The number of rotatable bonds is 5. The van der Waals surface area contributed by atoms with Crippen molar-refractivity contribution in [3.63, 3.8) is 0 Å². The molecule has 0 aromatic carbocycles. The van der Waals surface area contributed by atoms with E-state index in [1.165, 1.54) is 7.05 Å². The molecule has 0 bridgehead atoms. The minimum Gasteiger partial charge on any atom is -0.419 e. The zero-order chi connectivity index (χ0) is 24.9. The normalized spacial score (nSPS) is 17.4. The first-order chi connectivity index (χ1) is 16.6. The van der Waals surface area contributed by atoms with Crippen LogP contribution in [-0.2, 0) is 31.0 Å². The number of halogens is 3. The van der Waals surface area contributed by atoms with Gasteiger partial charge in [-0.25, -0.2) is 9.97 Å². The van der Waals surface area contributed by atoms with Crippen LogP contribution >= 0.6 is 0 Å².